The highest BCUT2D eigenvalue weighted by atomic mass is 16.6. The van der Waals surface area contributed by atoms with E-state index in [2.05, 4.69) is 4.98 Å². The highest BCUT2D eigenvalue weighted by Crippen LogP contribution is 2.22. The van der Waals surface area contributed by atoms with Gasteiger partial charge in [-0.1, -0.05) is 0 Å². The van der Waals surface area contributed by atoms with Crippen molar-refractivity contribution in [2.75, 3.05) is 0 Å². The molecule has 0 aliphatic heterocycles. The molecule has 3 aromatic rings. The molecule has 0 bridgehead atoms. The molecular formula is C15H10N2O5. The minimum Gasteiger partial charge on any atom is -0.422 e. The summed E-state index contributed by atoms with van der Waals surface area (Å²) >= 11 is 0. The minimum atomic E-state index is -0.605. The molecule has 0 amide bonds. The number of rotatable bonds is 2. The van der Waals surface area contributed by atoms with Crippen LogP contribution < -0.4 is 11.2 Å². The molecule has 0 spiro atoms. The first-order valence-electron chi connectivity index (χ1n) is 6.38. The van der Waals surface area contributed by atoms with Gasteiger partial charge in [0.2, 0.25) is 0 Å². The second-order valence-corrected chi connectivity index (χ2v) is 4.81. The van der Waals surface area contributed by atoms with Crippen molar-refractivity contribution in [3.8, 4) is 11.1 Å². The van der Waals surface area contributed by atoms with E-state index in [0.29, 0.717) is 11.3 Å². The van der Waals surface area contributed by atoms with Gasteiger partial charge in [0.1, 0.15) is 5.58 Å². The third-order valence-corrected chi connectivity index (χ3v) is 3.27. The third kappa shape index (κ3) is 2.28. The van der Waals surface area contributed by atoms with Crippen LogP contribution in [-0.2, 0) is 0 Å². The molecule has 0 aliphatic rings. The van der Waals surface area contributed by atoms with Gasteiger partial charge in [-0.25, -0.2) is 4.79 Å². The van der Waals surface area contributed by atoms with Gasteiger partial charge in [0.15, 0.2) is 0 Å². The van der Waals surface area contributed by atoms with Gasteiger partial charge in [-0.15, -0.1) is 0 Å². The summed E-state index contributed by atoms with van der Waals surface area (Å²) in [5.41, 5.74) is 0.370. The lowest BCUT2D eigenvalue weighted by molar-refractivity contribution is -0.384. The molecule has 3 rings (SSSR count). The van der Waals surface area contributed by atoms with Crippen LogP contribution in [0.3, 0.4) is 0 Å². The number of nitro benzene ring substituents is 1. The van der Waals surface area contributed by atoms with Crippen molar-refractivity contribution in [3.63, 3.8) is 0 Å². The van der Waals surface area contributed by atoms with Gasteiger partial charge in [0.05, 0.1) is 15.9 Å². The van der Waals surface area contributed by atoms with Crippen LogP contribution in [0.4, 0.5) is 5.69 Å². The van der Waals surface area contributed by atoms with E-state index in [1.807, 2.05) is 0 Å². The molecule has 22 heavy (non-hydrogen) atoms. The van der Waals surface area contributed by atoms with Crippen LogP contribution in [0.15, 0.2) is 50.4 Å². The fraction of sp³-hybridized carbons (Fsp3) is 0.0667. The van der Waals surface area contributed by atoms with Crippen LogP contribution in [0.25, 0.3) is 22.1 Å². The Kier molecular flexibility index (Phi) is 3.10. The SMILES string of the molecule is Cc1cc2oc(=O)c(-c3ccc([N+](=O)[O-])cc3)cc2c(=O)[nH]1. The number of aromatic nitrogens is 1. The molecule has 7 heteroatoms. The summed E-state index contributed by atoms with van der Waals surface area (Å²) in [4.78, 5) is 36.7. The highest BCUT2D eigenvalue weighted by Gasteiger charge is 2.12. The van der Waals surface area contributed by atoms with E-state index in [-0.39, 0.29) is 27.8 Å². The average molecular weight is 298 g/mol. The van der Waals surface area contributed by atoms with Gasteiger partial charge in [-0.3, -0.25) is 14.9 Å². The monoisotopic (exact) mass is 298 g/mol. The second kappa shape index (κ2) is 4.96. The van der Waals surface area contributed by atoms with E-state index in [1.165, 1.54) is 30.3 Å². The Morgan fingerprint density at radius 3 is 2.45 bits per heavy atom. The zero-order valence-electron chi connectivity index (χ0n) is 11.5. The highest BCUT2D eigenvalue weighted by molar-refractivity contribution is 5.81. The Morgan fingerprint density at radius 2 is 1.82 bits per heavy atom. The topological polar surface area (TPSA) is 106 Å². The van der Waals surface area contributed by atoms with Crippen molar-refractivity contribution in [2.24, 2.45) is 0 Å². The summed E-state index contributed by atoms with van der Waals surface area (Å²) in [7, 11) is 0. The fourth-order valence-electron chi connectivity index (χ4n) is 2.21. The quantitative estimate of drug-likeness (QED) is 0.577. The fourth-order valence-corrected chi connectivity index (χ4v) is 2.21. The summed E-state index contributed by atoms with van der Waals surface area (Å²) in [6, 6.07) is 8.46. The van der Waals surface area contributed by atoms with Gasteiger partial charge >= 0.3 is 5.63 Å². The van der Waals surface area contributed by atoms with Crippen LogP contribution in [0, 0.1) is 17.0 Å². The normalized spacial score (nSPS) is 10.8. The summed E-state index contributed by atoms with van der Waals surface area (Å²) in [5.74, 6) is 0. The van der Waals surface area contributed by atoms with Crippen molar-refractivity contribution in [2.45, 2.75) is 6.92 Å². The number of pyridine rings is 1. The maximum atomic E-state index is 12.1. The molecule has 0 atom stereocenters. The second-order valence-electron chi connectivity index (χ2n) is 4.81. The van der Waals surface area contributed by atoms with E-state index >= 15 is 0 Å². The Bertz CT molecular complexity index is 999. The average Bonchev–Trinajstić information content (AvgIpc) is 2.46. The van der Waals surface area contributed by atoms with Crippen LogP contribution in [0.5, 0.6) is 0 Å². The lowest BCUT2D eigenvalue weighted by atomic mass is 10.1. The number of nitro groups is 1. The standard InChI is InChI=1S/C15H10N2O5/c1-8-6-13-12(14(18)16-8)7-11(15(19)22-13)9-2-4-10(5-3-9)17(20)21/h2-7H,1H3,(H,16,18). The number of aromatic amines is 1. The molecule has 0 saturated heterocycles. The van der Waals surface area contributed by atoms with E-state index in [4.69, 9.17) is 4.42 Å². The Morgan fingerprint density at radius 1 is 1.14 bits per heavy atom. The minimum absolute atomic E-state index is 0.0811. The number of benzene rings is 1. The van der Waals surface area contributed by atoms with Crippen LogP contribution >= 0.6 is 0 Å². The summed E-state index contributed by atoms with van der Waals surface area (Å²) < 4.78 is 5.18. The zero-order chi connectivity index (χ0) is 15.9. The lowest BCUT2D eigenvalue weighted by Gasteiger charge is -2.03. The molecule has 0 aliphatic carbocycles. The van der Waals surface area contributed by atoms with E-state index in [0.717, 1.165) is 0 Å². The Hall–Kier alpha value is -3.22. The van der Waals surface area contributed by atoms with Crippen molar-refractivity contribution < 1.29 is 9.34 Å². The van der Waals surface area contributed by atoms with Gasteiger partial charge in [0.25, 0.3) is 11.2 Å². The predicted molar refractivity (Wildman–Crippen MR) is 79.9 cm³/mol. The predicted octanol–water partition coefficient (Wildman–Crippen LogP) is 2.36. The zero-order valence-corrected chi connectivity index (χ0v) is 11.5. The van der Waals surface area contributed by atoms with Gasteiger partial charge in [-0.2, -0.15) is 0 Å². The van der Waals surface area contributed by atoms with Crippen molar-refractivity contribution >= 4 is 16.7 Å². The molecule has 7 nitrogen and oxygen atoms in total. The van der Waals surface area contributed by atoms with Crippen molar-refractivity contribution in [1.82, 2.24) is 4.98 Å². The number of H-pyrrole nitrogens is 1. The smallest absolute Gasteiger partial charge is 0.344 e. The molecular weight excluding hydrogens is 288 g/mol. The molecule has 110 valence electrons. The number of hydrogen-bond donors (Lipinski definition) is 1. The first kappa shape index (κ1) is 13.7. The number of nitrogens with zero attached hydrogens (tertiary/aromatic N) is 1. The van der Waals surface area contributed by atoms with E-state index in [9.17, 15) is 19.7 Å². The van der Waals surface area contributed by atoms with Gasteiger partial charge in [0, 0.05) is 23.9 Å². The molecule has 1 aromatic carbocycles. The Balaban J connectivity index is 2.23. The summed E-state index contributed by atoms with van der Waals surface area (Å²) in [5, 5.41) is 10.9. The number of hydrogen-bond acceptors (Lipinski definition) is 5. The maximum absolute atomic E-state index is 12.1. The molecule has 2 aromatic heterocycles. The molecule has 0 radical (unpaired) electrons. The molecule has 0 saturated carbocycles. The third-order valence-electron chi connectivity index (χ3n) is 3.27. The van der Waals surface area contributed by atoms with Crippen LogP contribution in [0.1, 0.15) is 5.69 Å². The van der Waals surface area contributed by atoms with E-state index < -0.39 is 10.5 Å². The number of aryl methyl sites for hydroxylation is 1. The van der Waals surface area contributed by atoms with Gasteiger partial charge in [-0.05, 0) is 30.7 Å². The van der Waals surface area contributed by atoms with Crippen molar-refractivity contribution in [3.05, 3.63) is 73.0 Å². The van der Waals surface area contributed by atoms with Crippen LogP contribution in [0.2, 0.25) is 0 Å². The molecule has 0 fully saturated rings. The molecule has 2 heterocycles. The lowest BCUT2D eigenvalue weighted by Crippen LogP contribution is -2.11. The Labute approximate surface area is 123 Å². The first-order valence-corrected chi connectivity index (χ1v) is 6.38. The first-order chi connectivity index (χ1) is 10.5. The summed E-state index contributed by atoms with van der Waals surface area (Å²) in [6.45, 7) is 1.69. The van der Waals surface area contributed by atoms with Gasteiger partial charge < -0.3 is 9.40 Å². The molecule has 1 N–H and O–H groups in total. The molecule has 0 unspecified atom stereocenters. The number of non-ortho nitro benzene ring substituents is 1. The number of fused-ring (bicyclic) bond motifs is 1. The largest absolute Gasteiger partial charge is 0.422 e. The maximum Gasteiger partial charge on any atom is 0.344 e. The van der Waals surface area contributed by atoms with Crippen molar-refractivity contribution in [1.29, 1.82) is 0 Å². The van der Waals surface area contributed by atoms with E-state index in [1.54, 1.807) is 13.0 Å². The summed E-state index contributed by atoms with van der Waals surface area (Å²) in [6.07, 6.45) is 0. The van der Waals surface area contributed by atoms with Crippen LogP contribution in [-0.4, -0.2) is 9.91 Å². The number of nitrogens with one attached hydrogen (secondary N) is 1.